The van der Waals surface area contributed by atoms with E-state index in [-0.39, 0.29) is 5.75 Å². The van der Waals surface area contributed by atoms with Gasteiger partial charge in [0, 0.05) is 24.5 Å². The predicted molar refractivity (Wildman–Crippen MR) is 65.1 cm³/mol. The van der Waals surface area contributed by atoms with Crippen LogP contribution in [0.5, 0.6) is 11.5 Å². The normalized spacial score (nSPS) is 10.1. The molecule has 92 valence electrons. The lowest BCUT2D eigenvalue weighted by Crippen LogP contribution is -1.96. The fourth-order valence-corrected chi connectivity index (χ4v) is 1.63. The zero-order valence-corrected chi connectivity index (χ0v) is 10.4. The average Bonchev–Trinajstić information content (AvgIpc) is 2.34. The highest BCUT2D eigenvalue weighted by Crippen LogP contribution is 2.36. The van der Waals surface area contributed by atoms with Crippen LogP contribution in [0.1, 0.15) is 0 Å². The molecule has 0 amide bonds. The van der Waals surface area contributed by atoms with Crippen LogP contribution in [0.25, 0.3) is 0 Å². The molecule has 7 heteroatoms. The van der Waals surface area contributed by atoms with Gasteiger partial charge in [0.05, 0.1) is 9.40 Å². The summed E-state index contributed by atoms with van der Waals surface area (Å²) in [6.07, 6.45) is 2.88. The van der Waals surface area contributed by atoms with Crippen LogP contribution < -0.4 is 4.74 Å². The van der Waals surface area contributed by atoms with Gasteiger partial charge >= 0.3 is 5.69 Å². The third-order valence-electron chi connectivity index (χ3n) is 2.09. The van der Waals surface area contributed by atoms with Crippen molar-refractivity contribution in [1.29, 1.82) is 0 Å². The SMILES string of the molecule is O=[N+]([O-])c1cccc(F)c1Oc1ccncc1Br. The number of hydrogen-bond donors (Lipinski definition) is 0. The molecule has 0 atom stereocenters. The molecule has 1 aromatic carbocycles. The van der Waals surface area contributed by atoms with E-state index in [1.54, 1.807) is 0 Å². The molecule has 1 heterocycles. The van der Waals surface area contributed by atoms with Crippen molar-refractivity contribution < 1.29 is 14.1 Å². The standard InChI is InChI=1S/C11H6BrFN2O3/c12-7-6-14-5-4-10(7)18-11-8(13)2-1-3-9(11)15(16)17/h1-6H. The molecular formula is C11H6BrFN2O3. The summed E-state index contributed by atoms with van der Waals surface area (Å²) in [6, 6.07) is 4.99. The Labute approximate surface area is 110 Å². The predicted octanol–water partition coefficient (Wildman–Crippen LogP) is 3.68. The van der Waals surface area contributed by atoms with Gasteiger partial charge in [-0.1, -0.05) is 6.07 Å². The highest BCUT2D eigenvalue weighted by atomic mass is 79.9. The van der Waals surface area contributed by atoms with E-state index in [0.29, 0.717) is 4.47 Å². The van der Waals surface area contributed by atoms with Crippen molar-refractivity contribution in [2.24, 2.45) is 0 Å². The van der Waals surface area contributed by atoms with Crippen LogP contribution in [0.15, 0.2) is 41.1 Å². The number of aromatic nitrogens is 1. The van der Waals surface area contributed by atoms with Crippen molar-refractivity contribution in [3.8, 4) is 11.5 Å². The summed E-state index contributed by atoms with van der Waals surface area (Å²) in [5, 5.41) is 10.8. The summed E-state index contributed by atoms with van der Waals surface area (Å²) in [4.78, 5) is 13.9. The molecule has 0 fully saturated rings. The topological polar surface area (TPSA) is 65.3 Å². The van der Waals surface area contributed by atoms with Gasteiger partial charge in [-0.2, -0.15) is 0 Å². The first-order valence-electron chi connectivity index (χ1n) is 4.80. The second-order valence-corrected chi connectivity index (χ2v) is 4.11. The fourth-order valence-electron chi connectivity index (χ4n) is 1.30. The maximum Gasteiger partial charge on any atom is 0.314 e. The largest absolute Gasteiger partial charge is 0.446 e. The minimum Gasteiger partial charge on any atom is -0.446 e. The second-order valence-electron chi connectivity index (χ2n) is 3.25. The Hall–Kier alpha value is -2.02. The molecule has 0 spiro atoms. The summed E-state index contributed by atoms with van der Waals surface area (Å²) in [5.74, 6) is -0.972. The highest BCUT2D eigenvalue weighted by molar-refractivity contribution is 9.10. The molecule has 0 bridgehead atoms. The van der Waals surface area contributed by atoms with Crippen LogP contribution in [0.3, 0.4) is 0 Å². The smallest absolute Gasteiger partial charge is 0.314 e. The van der Waals surface area contributed by atoms with Gasteiger partial charge < -0.3 is 4.74 Å². The quantitative estimate of drug-likeness (QED) is 0.640. The third-order valence-corrected chi connectivity index (χ3v) is 2.69. The number of nitro benzene ring substituents is 1. The molecule has 0 radical (unpaired) electrons. The first kappa shape index (κ1) is 12.4. The first-order chi connectivity index (χ1) is 8.59. The van der Waals surface area contributed by atoms with Gasteiger partial charge in [0.15, 0.2) is 5.82 Å². The Bertz CT molecular complexity index is 607. The van der Waals surface area contributed by atoms with E-state index < -0.39 is 22.2 Å². The van der Waals surface area contributed by atoms with Crippen LogP contribution >= 0.6 is 15.9 Å². The maximum atomic E-state index is 13.6. The zero-order valence-electron chi connectivity index (χ0n) is 8.84. The van der Waals surface area contributed by atoms with Gasteiger partial charge in [-0.3, -0.25) is 15.1 Å². The Balaban J connectivity index is 2.46. The van der Waals surface area contributed by atoms with Gasteiger partial charge in [-0.05, 0) is 22.0 Å². The van der Waals surface area contributed by atoms with Crippen LogP contribution in [0, 0.1) is 15.9 Å². The molecule has 0 aliphatic heterocycles. The van der Waals surface area contributed by atoms with Gasteiger partial charge in [0.25, 0.3) is 0 Å². The molecule has 18 heavy (non-hydrogen) atoms. The Morgan fingerprint density at radius 2 is 2.17 bits per heavy atom. The minimum absolute atomic E-state index is 0.248. The van der Waals surface area contributed by atoms with Gasteiger partial charge in [0.1, 0.15) is 5.75 Å². The van der Waals surface area contributed by atoms with E-state index in [2.05, 4.69) is 20.9 Å². The molecule has 0 saturated carbocycles. The van der Waals surface area contributed by atoms with Crippen molar-refractivity contribution in [1.82, 2.24) is 4.98 Å². The van der Waals surface area contributed by atoms with Crippen molar-refractivity contribution >= 4 is 21.6 Å². The Morgan fingerprint density at radius 3 is 2.83 bits per heavy atom. The molecule has 0 saturated heterocycles. The van der Waals surface area contributed by atoms with E-state index in [0.717, 1.165) is 6.07 Å². The number of ether oxygens (including phenoxy) is 1. The summed E-state index contributed by atoms with van der Waals surface area (Å²) in [7, 11) is 0. The maximum absolute atomic E-state index is 13.6. The third kappa shape index (κ3) is 2.45. The first-order valence-corrected chi connectivity index (χ1v) is 5.59. The van der Waals surface area contributed by atoms with Crippen LogP contribution in [0.4, 0.5) is 10.1 Å². The number of pyridine rings is 1. The minimum atomic E-state index is -0.798. The number of halogens is 2. The van der Waals surface area contributed by atoms with Crippen molar-refractivity contribution in [3.63, 3.8) is 0 Å². The molecule has 0 aliphatic rings. The zero-order chi connectivity index (χ0) is 13.1. The lowest BCUT2D eigenvalue weighted by atomic mass is 10.3. The van der Waals surface area contributed by atoms with Gasteiger partial charge in [-0.25, -0.2) is 4.39 Å². The average molecular weight is 313 g/mol. The summed E-state index contributed by atoms with van der Waals surface area (Å²) >= 11 is 3.16. The van der Waals surface area contributed by atoms with E-state index in [1.807, 2.05) is 0 Å². The number of nitro groups is 1. The van der Waals surface area contributed by atoms with Gasteiger partial charge in [-0.15, -0.1) is 0 Å². The summed E-state index contributed by atoms with van der Waals surface area (Å²) in [6.45, 7) is 0. The molecule has 1 aromatic heterocycles. The van der Waals surface area contributed by atoms with Gasteiger partial charge in [0.2, 0.25) is 5.75 Å². The van der Waals surface area contributed by atoms with Crippen molar-refractivity contribution in [3.05, 3.63) is 57.1 Å². The molecule has 0 N–H and O–H groups in total. The number of rotatable bonds is 3. The lowest BCUT2D eigenvalue weighted by molar-refractivity contribution is -0.385. The number of para-hydroxylation sites is 1. The number of hydrogen-bond acceptors (Lipinski definition) is 4. The molecule has 0 aliphatic carbocycles. The van der Waals surface area contributed by atoms with Crippen LogP contribution in [-0.2, 0) is 0 Å². The summed E-state index contributed by atoms with van der Waals surface area (Å²) in [5.41, 5.74) is -0.432. The highest BCUT2D eigenvalue weighted by Gasteiger charge is 2.20. The molecular weight excluding hydrogens is 307 g/mol. The monoisotopic (exact) mass is 312 g/mol. The van der Waals surface area contributed by atoms with E-state index in [9.17, 15) is 14.5 Å². The van der Waals surface area contributed by atoms with Crippen LogP contribution in [0.2, 0.25) is 0 Å². The van der Waals surface area contributed by atoms with E-state index >= 15 is 0 Å². The van der Waals surface area contributed by atoms with Crippen molar-refractivity contribution in [2.75, 3.05) is 0 Å². The van der Waals surface area contributed by atoms with E-state index in [1.165, 1.54) is 30.6 Å². The number of nitrogens with zero attached hydrogens (tertiary/aromatic N) is 2. The number of benzene rings is 1. The Kier molecular flexibility index (Phi) is 3.52. The fraction of sp³-hybridized carbons (Fsp3) is 0. The molecule has 5 nitrogen and oxygen atoms in total. The van der Waals surface area contributed by atoms with E-state index in [4.69, 9.17) is 4.74 Å². The summed E-state index contributed by atoms with van der Waals surface area (Å²) < 4.78 is 19.3. The molecule has 0 unspecified atom stereocenters. The Morgan fingerprint density at radius 1 is 1.39 bits per heavy atom. The molecule has 2 aromatic rings. The lowest BCUT2D eigenvalue weighted by Gasteiger charge is -2.08. The van der Waals surface area contributed by atoms with Crippen molar-refractivity contribution in [2.45, 2.75) is 0 Å². The van der Waals surface area contributed by atoms with Crippen LogP contribution in [-0.4, -0.2) is 9.91 Å². The second kappa shape index (κ2) is 5.09. The molecule has 2 rings (SSSR count).